The Hall–Kier alpha value is -1.89. The predicted octanol–water partition coefficient (Wildman–Crippen LogP) is 1.95. The van der Waals surface area contributed by atoms with E-state index in [2.05, 4.69) is 24.9 Å². The molecule has 0 aromatic carbocycles. The Balaban J connectivity index is 1.56. The highest BCUT2D eigenvalue weighted by atomic mass is 32.2. The Morgan fingerprint density at radius 2 is 2.26 bits per heavy atom. The summed E-state index contributed by atoms with van der Waals surface area (Å²) in [4.78, 5) is 4.43. The first kappa shape index (κ1) is 11.0. The number of pyridine rings is 1. The zero-order chi connectivity index (χ0) is 12.7. The fourth-order valence-corrected chi connectivity index (χ4v) is 2.95. The van der Waals surface area contributed by atoms with E-state index in [0.29, 0.717) is 6.04 Å². The topological polar surface area (TPSA) is 60.9 Å². The third-order valence-electron chi connectivity index (χ3n) is 3.19. The van der Waals surface area contributed by atoms with Gasteiger partial charge in [-0.1, -0.05) is 17.8 Å². The predicted molar refractivity (Wildman–Crippen MR) is 70.8 cm³/mol. The van der Waals surface area contributed by atoms with Gasteiger partial charge in [0.05, 0.1) is 23.5 Å². The van der Waals surface area contributed by atoms with Gasteiger partial charge in [-0.05, 0) is 35.4 Å². The van der Waals surface area contributed by atoms with E-state index >= 15 is 0 Å². The Morgan fingerprint density at radius 1 is 1.32 bits per heavy atom. The maximum Gasteiger partial charge on any atom is 0.173 e. The monoisotopic (exact) mass is 272 g/mol. The van der Waals surface area contributed by atoms with Crippen LogP contribution in [0.1, 0.15) is 24.7 Å². The molecule has 1 aliphatic carbocycles. The van der Waals surface area contributed by atoms with Crippen molar-refractivity contribution in [2.24, 2.45) is 0 Å². The summed E-state index contributed by atoms with van der Waals surface area (Å²) in [5.74, 6) is 1.68. The zero-order valence-corrected chi connectivity index (χ0v) is 11.0. The van der Waals surface area contributed by atoms with E-state index in [1.54, 1.807) is 11.8 Å². The maximum atomic E-state index is 4.43. The third kappa shape index (κ3) is 1.99. The lowest BCUT2D eigenvalue weighted by Gasteiger charge is -2.02. The minimum atomic E-state index is 0.516. The van der Waals surface area contributed by atoms with Crippen molar-refractivity contribution in [1.82, 2.24) is 29.6 Å². The molecule has 3 aromatic heterocycles. The highest BCUT2D eigenvalue weighted by molar-refractivity contribution is 7.98. The highest BCUT2D eigenvalue weighted by Gasteiger charge is 2.27. The van der Waals surface area contributed by atoms with Gasteiger partial charge in [0.25, 0.3) is 0 Å². The molecule has 0 atom stereocenters. The van der Waals surface area contributed by atoms with Crippen LogP contribution in [-0.4, -0.2) is 29.6 Å². The van der Waals surface area contributed by atoms with Crippen molar-refractivity contribution in [1.29, 1.82) is 0 Å². The lowest BCUT2D eigenvalue weighted by Crippen LogP contribution is -2.02. The van der Waals surface area contributed by atoms with E-state index in [1.807, 2.05) is 35.3 Å². The Labute approximate surface area is 113 Å². The minimum Gasteiger partial charge on any atom is -0.295 e. The van der Waals surface area contributed by atoms with Crippen LogP contribution in [-0.2, 0) is 5.75 Å². The summed E-state index contributed by atoms with van der Waals surface area (Å²) in [6.45, 7) is 0. The molecule has 1 aliphatic rings. The van der Waals surface area contributed by atoms with Crippen LogP contribution in [0, 0.1) is 0 Å². The number of hydrogen-bond acceptors (Lipinski definition) is 5. The molecule has 1 saturated carbocycles. The van der Waals surface area contributed by atoms with E-state index in [1.165, 1.54) is 12.8 Å². The average molecular weight is 272 g/mol. The quantitative estimate of drug-likeness (QED) is 0.679. The van der Waals surface area contributed by atoms with Crippen LogP contribution in [0.3, 0.4) is 0 Å². The van der Waals surface area contributed by atoms with Gasteiger partial charge < -0.3 is 0 Å². The van der Waals surface area contributed by atoms with Crippen LogP contribution in [0.25, 0.3) is 5.52 Å². The molecule has 96 valence electrons. The number of rotatable bonds is 4. The van der Waals surface area contributed by atoms with E-state index in [-0.39, 0.29) is 0 Å². The molecule has 3 heterocycles. The van der Waals surface area contributed by atoms with Crippen LogP contribution < -0.4 is 0 Å². The zero-order valence-electron chi connectivity index (χ0n) is 10.2. The van der Waals surface area contributed by atoms with Crippen LogP contribution in [0.2, 0.25) is 0 Å². The van der Waals surface area contributed by atoms with Gasteiger partial charge in [-0.15, -0.1) is 5.10 Å². The van der Waals surface area contributed by atoms with Crippen LogP contribution >= 0.6 is 11.8 Å². The van der Waals surface area contributed by atoms with Gasteiger partial charge in [-0.2, -0.15) is 0 Å². The summed E-state index contributed by atoms with van der Waals surface area (Å²) in [7, 11) is 0. The van der Waals surface area contributed by atoms with Crippen LogP contribution in [0.5, 0.6) is 0 Å². The van der Waals surface area contributed by atoms with Gasteiger partial charge in [0.15, 0.2) is 11.0 Å². The molecule has 0 spiro atoms. The number of thioether (sulfide) groups is 1. The minimum absolute atomic E-state index is 0.516. The molecule has 0 bridgehead atoms. The summed E-state index contributed by atoms with van der Waals surface area (Å²) in [6.07, 6.45) is 6.28. The largest absolute Gasteiger partial charge is 0.295 e. The molecule has 19 heavy (non-hydrogen) atoms. The van der Waals surface area contributed by atoms with Gasteiger partial charge >= 0.3 is 0 Å². The Kier molecular flexibility index (Phi) is 2.51. The highest BCUT2D eigenvalue weighted by Crippen LogP contribution is 2.35. The van der Waals surface area contributed by atoms with Crippen molar-refractivity contribution in [3.63, 3.8) is 0 Å². The standard InChI is InChI=1S/C12H12N6S/c1-2-6-17-10(3-1)7-13-12(17)19-8-11-14-15-16-18(11)9-4-5-9/h1-3,6-7,9H,4-5,8H2. The smallest absolute Gasteiger partial charge is 0.173 e. The van der Waals surface area contributed by atoms with E-state index < -0.39 is 0 Å². The molecule has 0 unspecified atom stereocenters. The first-order valence-corrected chi connectivity index (χ1v) is 7.22. The number of imidazole rings is 1. The molecule has 4 rings (SSSR count). The number of hydrogen-bond donors (Lipinski definition) is 0. The lowest BCUT2D eigenvalue weighted by atomic mass is 10.4. The second kappa shape index (κ2) is 4.34. The fraction of sp³-hybridized carbons (Fsp3) is 0.333. The molecule has 0 N–H and O–H groups in total. The normalized spacial score (nSPS) is 15.2. The molecule has 0 aliphatic heterocycles. The van der Waals surface area contributed by atoms with Gasteiger partial charge in [0.1, 0.15) is 0 Å². The van der Waals surface area contributed by atoms with Crippen molar-refractivity contribution in [3.05, 3.63) is 36.4 Å². The average Bonchev–Trinajstić information content (AvgIpc) is 3.04. The molecule has 0 radical (unpaired) electrons. The van der Waals surface area contributed by atoms with Gasteiger partial charge in [-0.3, -0.25) is 4.40 Å². The second-order valence-electron chi connectivity index (χ2n) is 4.60. The van der Waals surface area contributed by atoms with Crippen LogP contribution in [0.15, 0.2) is 35.7 Å². The third-order valence-corrected chi connectivity index (χ3v) is 4.15. The summed E-state index contributed by atoms with van der Waals surface area (Å²) < 4.78 is 4.03. The van der Waals surface area contributed by atoms with E-state index in [4.69, 9.17) is 0 Å². The molecular weight excluding hydrogens is 260 g/mol. The first-order chi connectivity index (χ1) is 9.42. The van der Waals surface area contributed by atoms with Crippen LogP contribution in [0.4, 0.5) is 0 Å². The van der Waals surface area contributed by atoms with Gasteiger partial charge in [-0.25, -0.2) is 9.67 Å². The van der Waals surface area contributed by atoms with Crippen molar-refractivity contribution in [2.75, 3.05) is 0 Å². The molecule has 1 fully saturated rings. The SMILES string of the molecule is c1ccn2c(SCc3nnnn3C3CC3)ncc2c1. The molecule has 7 heteroatoms. The maximum absolute atomic E-state index is 4.43. The van der Waals surface area contributed by atoms with Crippen molar-refractivity contribution in [3.8, 4) is 0 Å². The summed E-state index contributed by atoms with van der Waals surface area (Å²) in [5, 5.41) is 12.9. The molecular formula is C12H12N6S. The van der Waals surface area contributed by atoms with Crippen molar-refractivity contribution < 1.29 is 0 Å². The molecule has 3 aromatic rings. The Bertz CT molecular complexity index is 714. The van der Waals surface area contributed by atoms with Gasteiger partial charge in [0.2, 0.25) is 0 Å². The van der Waals surface area contributed by atoms with E-state index in [9.17, 15) is 0 Å². The lowest BCUT2D eigenvalue weighted by molar-refractivity contribution is 0.593. The number of tetrazole rings is 1. The summed E-state index contributed by atoms with van der Waals surface area (Å²) >= 11 is 1.66. The Morgan fingerprint density at radius 3 is 3.16 bits per heavy atom. The fourth-order valence-electron chi connectivity index (χ4n) is 2.07. The molecule has 0 saturated heterocycles. The second-order valence-corrected chi connectivity index (χ2v) is 5.54. The summed E-state index contributed by atoms with van der Waals surface area (Å²) in [5.41, 5.74) is 1.10. The number of nitrogens with zero attached hydrogens (tertiary/aromatic N) is 6. The van der Waals surface area contributed by atoms with Crippen molar-refractivity contribution in [2.45, 2.75) is 29.8 Å². The molecule has 0 amide bonds. The van der Waals surface area contributed by atoms with Gasteiger partial charge in [0, 0.05) is 6.20 Å². The number of fused-ring (bicyclic) bond motifs is 1. The summed E-state index contributed by atoms with van der Waals surface area (Å²) in [6, 6.07) is 6.58. The van der Waals surface area contributed by atoms with E-state index in [0.717, 1.165) is 22.3 Å². The number of aromatic nitrogens is 6. The first-order valence-electron chi connectivity index (χ1n) is 6.23. The van der Waals surface area contributed by atoms with Crippen molar-refractivity contribution >= 4 is 17.3 Å². The molecule has 6 nitrogen and oxygen atoms in total.